The normalized spacial score (nSPS) is 10.7. The van der Waals surface area contributed by atoms with Crippen LogP contribution in [0.15, 0.2) is 40.9 Å². The zero-order valence-electron chi connectivity index (χ0n) is 13.9. The molecule has 1 amide bonds. The minimum absolute atomic E-state index is 0.0499. The Morgan fingerprint density at radius 3 is 2.78 bits per heavy atom. The molecule has 0 spiro atoms. The molecule has 140 valence electrons. The van der Waals surface area contributed by atoms with Gasteiger partial charge in [-0.15, -0.1) is 0 Å². The number of nitrogens with one attached hydrogen (secondary N) is 1. The molecule has 0 atom stereocenters. The molecule has 2 aromatic carbocycles. The van der Waals surface area contributed by atoms with Gasteiger partial charge in [0.2, 0.25) is 0 Å². The zero-order valence-corrected chi connectivity index (χ0v) is 15.4. The molecule has 1 heterocycles. The number of amides is 1. The number of rotatable bonds is 5. The standard InChI is InChI=1S/C18H12Cl2F2N2O3/c1-9-11(8-26-15-6-5-10(21)7-13(15)22)17(24-27-9)18(25)23-14-4-2-3-12(19)16(14)20/h2-7H,8H2,1H3,(H,23,25). The highest BCUT2D eigenvalue weighted by molar-refractivity contribution is 6.44. The van der Waals surface area contributed by atoms with Crippen molar-refractivity contribution in [3.05, 3.63) is 75.1 Å². The molecule has 0 aliphatic carbocycles. The summed E-state index contributed by atoms with van der Waals surface area (Å²) in [6, 6.07) is 7.69. The van der Waals surface area contributed by atoms with Crippen molar-refractivity contribution >= 4 is 34.8 Å². The number of ether oxygens (including phenoxy) is 1. The highest BCUT2D eigenvalue weighted by atomic mass is 35.5. The maximum absolute atomic E-state index is 13.7. The molecule has 0 aliphatic rings. The summed E-state index contributed by atoms with van der Waals surface area (Å²) in [5.74, 6) is -2.03. The third-order valence-corrected chi connectivity index (χ3v) is 4.48. The van der Waals surface area contributed by atoms with Gasteiger partial charge in [-0.2, -0.15) is 0 Å². The molecule has 0 bridgehead atoms. The number of anilines is 1. The summed E-state index contributed by atoms with van der Waals surface area (Å²) >= 11 is 12.0. The van der Waals surface area contributed by atoms with Crippen LogP contribution in [0.3, 0.4) is 0 Å². The fraction of sp³-hybridized carbons (Fsp3) is 0.111. The third-order valence-electron chi connectivity index (χ3n) is 3.67. The van der Waals surface area contributed by atoms with Gasteiger partial charge in [0.05, 0.1) is 21.3 Å². The van der Waals surface area contributed by atoms with Crippen molar-refractivity contribution in [1.82, 2.24) is 5.16 Å². The first-order valence-corrected chi connectivity index (χ1v) is 8.40. The van der Waals surface area contributed by atoms with Crippen LogP contribution in [-0.4, -0.2) is 11.1 Å². The van der Waals surface area contributed by atoms with Crippen LogP contribution in [0, 0.1) is 18.6 Å². The zero-order chi connectivity index (χ0) is 19.6. The average molecular weight is 413 g/mol. The summed E-state index contributed by atoms with van der Waals surface area (Å²) in [7, 11) is 0. The highest BCUT2D eigenvalue weighted by Crippen LogP contribution is 2.30. The summed E-state index contributed by atoms with van der Waals surface area (Å²) in [5, 5.41) is 6.76. The summed E-state index contributed by atoms with van der Waals surface area (Å²) in [5.41, 5.74) is 0.562. The Morgan fingerprint density at radius 1 is 1.26 bits per heavy atom. The average Bonchev–Trinajstić information content (AvgIpc) is 2.99. The van der Waals surface area contributed by atoms with Crippen LogP contribution in [0.25, 0.3) is 0 Å². The lowest BCUT2D eigenvalue weighted by molar-refractivity contribution is 0.101. The van der Waals surface area contributed by atoms with Crippen LogP contribution in [0.2, 0.25) is 10.0 Å². The molecule has 1 aromatic heterocycles. The lowest BCUT2D eigenvalue weighted by atomic mass is 10.2. The quantitative estimate of drug-likeness (QED) is 0.609. The van der Waals surface area contributed by atoms with Crippen LogP contribution < -0.4 is 10.1 Å². The molecule has 0 radical (unpaired) electrons. The number of hydrogen-bond acceptors (Lipinski definition) is 4. The molecule has 0 unspecified atom stereocenters. The summed E-state index contributed by atoms with van der Waals surface area (Å²) in [4.78, 5) is 12.5. The minimum Gasteiger partial charge on any atom is -0.486 e. The smallest absolute Gasteiger partial charge is 0.278 e. The first-order valence-electron chi connectivity index (χ1n) is 7.65. The van der Waals surface area contributed by atoms with Crippen molar-refractivity contribution in [2.24, 2.45) is 0 Å². The molecule has 0 fully saturated rings. The molecule has 0 aliphatic heterocycles. The Hall–Kier alpha value is -2.64. The molecule has 0 saturated carbocycles. The molecule has 3 rings (SSSR count). The molecule has 27 heavy (non-hydrogen) atoms. The van der Waals surface area contributed by atoms with E-state index in [0.29, 0.717) is 23.1 Å². The van der Waals surface area contributed by atoms with Gasteiger partial charge in [-0.3, -0.25) is 4.79 Å². The Morgan fingerprint density at radius 2 is 2.04 bits per heavy atom. The maximum atomic E-state index is 13.7. The van der Waals surface area contributed by atoms with Crippen molar-refractivity contribution in [3.63, 3.8) is 0 Å². The van der Waals surface area contributed by atoms with Gasteiger partial charge < -0.3 is 14.6 Å². The van der Waals surface area contributed by atoms with Gasteiger partial charge >= 0.3 is 0 Å². The second kappa shape index (κ2) is 7.94. The second-order valence-corrected chi connectivity index (χ2v) is 6.27. The van der Waals surface area contributed by atoms with Crippen molar-refractivity contribution in [2.75, 3.05) is 5.32 Å². The number of carbonyl (C=O) groups is 1. The molecule has 1 N–H and O–H groups in total. The first-order chi connectivity index (χ1) is 12.9. The summed E-state index contributed by atoms with van der Waals surface area (Å²) < 4.78 is 37.0. The van der Waals surface area contributed by atoms with E-state index >= 15 is 0 Å². The number of nitrogens with zero attached hydrogens (tertiary/aromatic N) is 1. The van der Waals surface area contributed by atoms with Gasteiger partial charge in [-0.1, -0.05) is 34.4 Å². The second-order valence-electron chi connectivity index (χ2n) is 5.48. The third kappa shape index (κ3) is 4.20. The summed E-state index contributed by atoms with van der Waals surface area (Å²) in [6.07, 6.45) is 0. The predicted octanol–water partition coefficient (Wildman–Crippen LogP) is 5.40. The Kier molecular flexibility index (Phi) is 5.62. The number of carbonyl (C=O) groups excluding carboxylic acids is 1. The molecule has 0 saturated heterocycles. The van der Waals surface area contributed by atoms with Crippen molar-refractivity contribution in [1.29, 1.82) is 0 Å². The van der Waals surface area contributed by atoms with Crippen LogP contribution >= 0.6 is 23.2 Å². The van der Waals surface area contributed by atoms with Crippen molar-refractivity contribution in [2.45, 2.75) is 13.5 Å². The van der Waals surface area contributed by atoms with Crippen LogP contribution in [0.5, 0.6) is 5.75 Å². The van der Waals surface area contributed by atoms with Crippen molar-refractivity contribution in [3.8, 4) is 5.75 Å². The number of hydrogen-bond donors (Lipinski definition) is 1. The monoisotopic (exact) mass is 412 g/mol. The number of aromatic nitrogens is 1. The van der Waals surface area contributed by atoms with E-state index in [1.54, 1.807) is 25.1 Å². The van der Waals surface area contributed by atoms with Crippen molar-refractivity contribution < 1.29 is 22.8 Å². The van der Waals surface area contributed by atoms with Crippen LogP contribution in [-0.2, 0) is 6.61 Å². The highest BCUT2D eigenvalue weighted by Gasteiger charge is 2.22. The van der Waals surface area contributed by atoms with Gasteiger partial charge in [0.25, 0.3) is 5.91 Å². The van der Waals surface area contributed by atoms with E-state index < -0.39 is 17.5 Å². The van der Waals surface area contributed by atoms with E-state index in [1.807, 2.05) is 0 Å². The Labute approximate surface area is 162 Å². The topological polar surface area (TPSA) is 64.4 Å². The number of benzene rings is 2. The van der Waals surface area contributed by atoms with E-state index in [1.165, 1.54) is 0 Å². The molecular weight excluding hydrogens is 401 g/mol. The largest absolute Gasteiger partial charge is 0.486 e. The van der Waals surface area contributed by atoms with Gasteiger partial charge in [0.1, 0.15) is 18.2 Å². The van der Waals surface area contributed by atoms with Gasteiger partial charge in [0, 0.05) is 6.07 Å². The van der Waals surface area contributed by atoms with E-state index in [0.717, 1.165) is 12.1 Å². The van der Waals surface area contributed by atoms with Gasteiger partial charge in [-0.05, 0) is 31.2 Å². The van der Waals surface area contributed by atoms with E-state index in [2.05, 4.69) is 10.5 Å². The molecule has 5 nitrogen and oxygen atoms in total. The Balaban J connectivity index is 1.79. The molecule has 9 heteroatoms. The van der Waals surface area contributed by atoms with Crippen LogP contribution in [0.4, 0.5) is 14.5 Å². The fourth-order valence-electron chi connectivity index (χ4n) is 2.26. The number of aryl methyl sites for hydroxylation is 1. The fourth-order valence-corrected chi connectivity index (χ4v) is 2.61. The minimum atomic E-state index is -0.860. The van der Waals surface area contributed by atoms with E-state index in [4.69, 9.17) is 32.5 Å². The maximum Gasteiger partial charge on any atom is 0.278 e. The van der Waals surface area contributed by atoms with Crippen LogP contribution in [0.1, 0.15) is 21.8 Å². The van der Waals surface area contributed by atoms with Gasteiger partial charge in [-0.25, -0.2) is 8.78 Å². The molecule has 3 aromatic rings. The van der Waals surface area contributed by atoms with Gasteiger partial charge in [0.15, 0.2) is 17.3 Å². The predicted molar refractivity (Wildman–Crippen MR) is 96.3 cm³/mol. The molecular formula is C18H12Cl2F2N2O3. The SMILES string of the molecule is Cc1onc(C(=O)Nc2cccc(Cl)c2Cl)c1COc1ccc(F)cc1F. The van der Waals surface area contributed by atoms with E-state index in [-0.39, 0.29) is 28.1 Å². The lowest BCUT2D eigenvalue weighted by Crippen LogP contribution is -2.16. The Bertz CT molecular complexity index is 1010. The van der Waals surface area contributed by atoms with E-state index in [9.17, 15) is 13.6 Å². The summed E-state index contributed by atoms with van der Waals surface area (Å²) in [6.45, 7) is 1.37. The number of halogens is 4. The first kappa shape index (κ1) is 19.1. The lowest BCUT2D eigenvalue weighted by Gasteiger charge is -2.09.